The van der Waals surface area contributed by atoms with Crippen molar-refractivity contribution in [3.05, 3.63) is 0 Å². The second-order valence-corrected chi connectivity index (χ2v) is 1.96. The molecule has 1 atom stereocenters. The van der Waals surface area contributed by atoms with E-state index in [0.717, 1.165) is 0 Å². The van der Waals surface area contributed by atoms with Crippen LogP contribution in [0.5, 0.6) is 0 Å². The van der Waals surface area contributed by atoms with Gasteiger partial charge in [-0.25, -0.2) is 0 Å². The molecule has 0 aromatic rings. The van der Waals surface area contributed by atoms with Gasteiger partial charge in [0.25, 0.3) is 0 Å². The van der Waals surface area contributed by atoms with Crippen molar-refractivity contribution >= 4 is 0 Å². The molecule has 0 aliphatic heterocycles. The van der Waals surface area contributed by atoms with Gasteiger partial charge in [0.05, 0.1) is 12.7 Å². The SMILES string of the molecule is CC(O)CON(C)C. The normalized spacial score (nSPS) is 14.6. The van der Waals surface area contributed by atoms with Gasteiger partial charge >= 0.3 is 0 Å². The van der Waals surface area contributed by atoms with E-state index in [4.69, 9.17) is 9.94 Å². The molecule has 0 aromatic carbocycles. The van der Waals surface area contributed by atoms with E-state index in [1.54, 1.807) is 26.1 Å². The number of hydrogen-bond acceptors (Lipinski definition) is 3. The second kappa shape index (κ2) is 3.83. The lowest BCUT2D eigenvalue weighted by atomic mass is 10.5. The highest BCUT2D eigenvalue weighted by molar-refractivity contribution is 4.37. The summed E-state index contributed by atoms with van der Waals surface area (Å²) in [5.41, 5.74) is 0. The van der Waals surface area contributed by atoms with Crippen molar-refractivity contribution in [1.29, 1.82) is 0 Å². The highest BCUT2D eigenvalue weighted by Crippen LogP contribution is 1.83. The minimum atomic E-state index is -0.377. The Hall–Kier alpha value is -0.120. The predicted octanol–water partition coefficient (Wildman–Crippen LogP) is -0.140. The molecule has 0 spiro atoms. The first-order valence-corrected chi connectivity index (χ1v) is 2.61. The molecule has 50 valence electrons. The lowest BCUT2D eigenvalue weighted by Crippen LogP contribution is -2.19. The van der Waals surface area contributed by atoms with Gasteiger partial charge < -0.3 is 5.11 Å². The van der Waals surface area contributed by atoms with Gasteiger partial charge in [-0.3, -0.25) is 4.84 Å². The Morgan fingerprint density at radius 2 is 2.12 bits per heavy atom. The zero-order valence-corrected chi connectivity index (χ0v) is 5.59. The molecule has 0 radical (unpaired) electrons. The molecule has 0 heterocycles. The van der Waals surface area contributed by atoms with Crippen LogP contribution in [0.15, 0.2) is 0 Å². The highest BCUT2D eigenvalue weighted by Gasteiger charge is 1.94. The summed E-state index contributed by atoms with van der Waals surface area (Å²) in [4.78, 5) is 4.89. The fourth-order valence-electron chi connectivity index (χ4n) is 0.257. The largest absolute Gasteiger partial charge is 0.391 e. The molecule has 0 aromatic heterocycles. The molecule has 1 unspecified atom stereocenters. The van der Waals surface area contributed by atoms with E-state index in [1.807, 2.05) is 0 Å². The number of aliphatic hydroxyl groups excluding tert-OH is 1. The molecule has 0 rings (SSSR count). The number of rotatable bonds is 3. The number of aliphatic hydroxyl groups is 1. The lowest BCUT2D eigenvalue weighted by molar-refractivity contribution is -0.141. The third-order valence-corrected chi connectivity index (χ3v) is 0.574. The van der Waals surface area contributed by atoms with E-state index in [0.29, 0.717) is 6.61 Å². The van der Waals surface area contributed by atoms with Crippen molar-refractivity contribution in [2.75, 3.05) is 20.7 Å². The van der Waals surface area contributed by atoms with Crippen LogP contribution in [0.3, 0.4) is 0 Å². The van der Waals surface area contributed by atoms with Crippen molar-refractivity contribution in [2.24, 2.45) is 0 Å². The van der Waals surface area contributed by atoms with Crippen molar-refractivity contribution in [1.82, 2.24) is 5.06 Å². The molecule has 1 N–H and O–H groups in total. The van der Waals surface area contributed by atoms with Gasteiger partial charge in [-0.2, -0.15) is 5.06 Å². The average molecular weight is 119 g/mol. The van der Waals surface area contributed by atoms with Gasteiger partial charge in [-0.05, 0) is 6.92 Å². The number of nitrogens with zero attached hydrogens (tertiary/aromatic N) is 1. The predicted molar refractivity (Wildman–Crippen MR) is 31.3 cm³/mol. The molecule has 0 saturated carbocycles. The van der Waals surface area contributed by atoms with E-state index in [2.05, 4.69) is 0 Å². The highest BCUT2D eigenvalue weighted by atomic mass is 16.7. The Bertz CT molecular complexity index is 46.4. The fraction of sp³-hybridized carbons (Fsp3) is 1.00. The summed E-state index contributed by atoms with van der Waals surface area (Å²) in [5.74, 6) is 0. The Morgan fingerprint density at radius 3 is 2.25 bits per heavy atom. The molecule has 8 heavy (non-hydrogen) atoms. The van der Waals surface area contributed by atoms with Crippen LogP contribution >= 0.6 is 0 Å². The van der Waals surface area contributed by atoms with Crippen LogP contribution in [0.2, 0.25) is 0 Å². The zero-order valence-electron chi connectivity index (χ0n) is 5.59. The van der Waals surface area contributed by atoms with E-state index in [1.165, 1.54) is 0 Å². The van der Waals surface area contributed by atoms with Gasteiger partial charge in [0.15, 0.2) is 0 Å². The summed E-state index contributed by atoms with van der Waals surface area (Å²) in [6, 6.07) is 0. The molecular weight excluding hydrogens is 106 g/mol. The Kier molecular flexibility index (Phi) is 3.77. The van der Waals surface area contributed by atoms with Gasteiger partial charge in [-0.15, -0.1) is 0 Å². The van der Waals surface area contributed by atoms with E-state index in [9.17, 15) is 0 Å². The van der Waals surface area contributed by atoms with Crippen molar-refractivity contribution in [3.8, 4) is 0 Å². The Morgan fingerprint density at radius 1 is 1.62 bits per heavy atom. The number of hydroxylamine groups is 2. The summed E-state index contributed by atoms with van der Waals surface area (Å²) < 4.78 is 0. The van der Waals surface area contributed by atoms with E-state index in [-0.39, 0.29) is 6.10 Å². The standard InChI is InChI=1S/C5H13NO2/c1-5(7)4-8-6(2)3/h5,7H,4H2,1-3H3. The third-order valence-electron chi connectivity index (χ3n) is 0.574. The van der Waals surface area contributed by atoms with Gasteiger partial charge in [0.2, 0.25) is 0 Å². The van der Waals surface area contributed by atoms with Crippen LogP contribution in [0.1, 0.15) is 6.92 Å². The summed E-state index contributed by atoms with van der Waals surface area (Å²) in [7, 11) is 3.56. The van der Waals surface area contributed by atoms with Crippen LogP contribution in [0.25, 0.3) is 0 Å². The number of hydrogen-bond donors (Lipinski definition) is 1. The summed E-state index contributed by atoms with van der Waals surface area (Å²) in [6.45, 7) is 2.05. The fourth-order valence-corrected chi connectivity index (χ4v) is 0.257. The van der Waals surface area contributed by atoms with Crippen LogP contribution in [0.4, 0.5) is 0 Å². The third kappa shape index (κ3) is 5.88. The van der Waals surface area contributed by atoms with E-state index >= 15 is 0 Å². The Balaban J connectivity index is 2.93. The molecular formula is C5H13NO2. The second-order valence-electron chi connectivity index (χ2n) is 1.96. The molecule has 3 nitrogen and oxygen atoms in total. The Labute approximate surface area is 49.8 Å². The first-order chi connectivity index (χ1) is 3.63. The first kappa shape index (κ1) is 7.88. The smallest absolute Gasteiger partial charge is 0.0941 e. The lowest BCUT2D eigenvalue weighted by Gasteiger charge is -2.10. The zero-order chi connectivity index (χ0) is 6.57. The molecule has 0 aliphatic rings. The molecule has 0 aliphatic carbocycles. The molecule has 0 bridgehead atoms. The van der Waals surface area contributed by atoms with Crippen LogP contribution in [-0.2, 0) is 4.84 Å². The molecule has 0 amide bonds. The summed E-state index contributed by atoms with van der Waals surface area (Å²) >= 11 is 0. The maximum absolute atomic E-state index is 8.65. The van der Waals surface area contributed by atoms with Crippen LogP contribution in [-0.4, -0.2) is 37.0 Å². The minimum Gasteiger partial charge on any atom is -0.391 e. The van der Waals surface area contributed by atoms with Crippen molar-refractivity contribution in [3.63, 3.8) is 0 Å². The molecule has 0 saturated heterocycles. The van der Waals surface area contributed by atoms with Gasteiger partial charge in [-0.1, -0.05) is 0 Å². The first-order valence-electron chi connectivity index (χ1n) is 2.61. The average Bonchev–Trinajstić information content (AvgIpc) is 1.61. The summed E-state index contributed by atoms with van der Waals surface area (Å²) in [5, 5.41) is 10.2. The quantitative estimate of drug-likeness (QED) is 0.525. The van der Waals surface area contributed by atoms with Gasteiger partial charge in [0, 0.05) is 14.1 Å². The minimum absolute atomic E-state index is 0.368. The summed E-state index contributed by atoms with van der Waals surface area (Å²) in [6.07, 6.45) is -0.377. The molecule has 3 heteroatoms. The van der Waals surface area contributed by atoms with Crippen molar-refractivity contribution in [2.45, 2.75) is 13.0 Å². The maximum Gasteiger partial charge on any atom is 0.0941 e. The van der Waals surface area contributed by atoms with E-state index < -0.39 is 0 Å². The van der Waals surface area contributed by atoms with Crippen LogP contribution < -0.4 is 0 Å². The van der Waals surface area contributed by atoms with Gasteiger partial charge in [0.1, 0.15) is 0 Å². The van der Waals surface area contributed by atoms with Crippen LogP contribution in [0, 0.1) is 0 Å². The van der Waals surface area contributed by atoms with Crippen molar-refractivity contribution < 1.29 is 9.94 Å². The monoisotopic (exact) mass is 119 g/mol. The maximum atomic E-state index is 8.65. The molecule has 0 fully saturated rings. The topological polar surface area (TPSA) is 32.7 Å².